The number of hydrogen-bond donors (Lipinski definition) is 1. The maximum Gasteiger partial charge on any atom is 0.301 e. The number of rotatable bonds is 3. The molecule has 5 rings (SSSR count). The summed E-state index contributed by atoms with van der Waals surface area (Å²) in [4.78, 5) is 40.3. The monoisotopic (exact) mass is 414 g/mol. The SMILES string of the molecule is O=C1C(=O)N(c2nc3ccccc3s2)C(c2ccccn2)/C1=C(\O)c1ccncc1. The van der Waals surface area contributed by atoms with Gasteiger partial charge in [0, 0.05) is 24.2 Å². The molecule has 8 heteroatoms. The fourth-order valence-corrected chi connectivity index (χ4v) is 4.47. The smallest absolute Gasteiger partial charge is 0.301 e. The largest absolute Gasteiger partial charge is 0.507 e. The number of ketones is 1. The van der Waals surface area contributed by atoms with E-state index in [1.165, 1.54) is 28.6 Å². The topological polar surface area (TPSA) is 96.3 Å². The first-order valence-corrected chi connectivity index (χ1v) is 9.94. The van der Waals surface area contributed by atoms with Crippen LogP contribution < -0.4 is 4.90 Å². The molecule has 1 aliphatic heterocycles. The van der Waals surface area contributed by atoms with Gasteiger partial charge < -0.3 is 5.11 Å². The standard InChI is InChI=1S/C22H14N4O3S/c27-19(13-8-11-23-12-9-13)17-18(15-6-3-4-10-24-15)26(21(29)20(17)28)22-25-14-5-1-2-7-16(14)30-22/h1-12,18,27H/b19-17+. The first-order chi connectivity index (χ1) is 14.6. The molecule has 0 saturated carbocycles. The van der Waals surface area contributed by atoms with E-state index in [2.05, 4.69) is 15.0 Å². The van der Waals surface area contributed by atoms with Gasteiger partial charge in [-0.15, -0.1) is 0 Å². The number of aliphatic hydroxyl groups is 1. The normalized spacial score (nSPS) is 18.3. The number of amides is 1. The molecule has 0 bridgehead atoms. The molecule has 1 amide bonds. The van der Waals surface area contributed by atoms with Crippen molar-refractivity contribution < 1.29 is 14.7 Å². The Balaban J connectivity index is 1.74. The van der Waals surface area contributed by atoms with Crippen LogP contribution in [-0.2, 0) is 9.59 Å². The maximum atomic E-state index is 13.1. The van der Waals surface area contributed by atoms with Crippen LogP contribution >= 0.6 is 11.3 Å². The van der Waals surface area contributed by atoms with Gasteiger partial charge in [-0.1, -0.05) is 29.5 Å². The number of carbonyl (C=O) groups is 2. The summed E-state index contributed by atoms with van der Waals surface area (Å²) < 4.78 is 0.892. The second-order valence-corrected chi connectivity index (χ2v) is 7.63. The van der Waals surface area contributed by atoms with Crippen molar-refractivity contribution >= 4 is 44.1 Å². The summed E-state index contributed by atoms with van der Waals surface area (Å²) in [5.41, 5.74) is 1.57. The Morgan fingerprint density at radius 3 is 2.47 bits per heavy atom. The van der Waals surface area contributed by atoms with Crippen molar-refractivity contribution in [2.24, 2.45) is 0 Å². The molecule has 1 N–H and O–H groups in total. The van der Waals surface area contributed by atoms with Gasteiger partial charge in [0.1, 0.15) is 11.8 Å². The van der Waals surface area contributed by atoms with Gasteiger partial charge in [-0.25, -0.2) is 4.98 Å². The molecule has 7 nitrogen and oxygen atoms in total. The summed E-state index contributed by atoms with van der Waals surface area (Å²) in [5.74, 6) is -1.80. The van der Waals surface area contributed by atoms with Gasteiger partial charge in [-0.2, -0.15) is 0 Å². The van der Waals surface area contributed by atoms with Crippen molar-refractivity contribution in [3.05, 3.63) is 90.0 Å². The number of benzene rings is 1. The number of aromatic nitrogens is 3. The van der Waals surface area contributed by atoms with Gasteiger partial charge in [0.25, 0.3) is 5.78 Å². The second kappa shape index (κ2) is 7.16. The fourth-order valence-electron chi connectivity index (χ4n) is 3.48. The zero-order chi connectivity index (χ0) is 20.7. The number of carbonyl (C=O) groups excluding carboxylic acids is 2. The number of nitrogens with zero attached hydrogens (tertiary/aromatic N) is 4. The zero-order valence-corrected chi connectivity index (χ0v) is 16.3. The van der Waals surface area contributed by atoms with E-state index in [1.54, 1.807) is 36.5 Å². The van der Waals surface area contributed by atoms with E-state index >= 15 is 0 Å². The highest BCUT2D eigenvalue weighted by molar-refractivity contribution is 7.22. The zero-order valence-electron chi connectivity index (χ0n) is 15.5. The van der Waals surface area contributed by atoms with Gasteiger partial charge in [0.05, 0.1) is 21.5 Å². The molecule has 1 aliphatic rings. The Labute approximate surface area is 175 Å². The number of para-hydroxylation sites is 1. The van der Waals surface area contributed by atoms with Crippen LogP contribution in [0.3, 0.4) is 0 Å². The highest BCUT2D eigenvalue weighted by Gasteiger charge is 2.48. The molecule has 1 saturated heterocycles. The van der Waals surface area contributed by atoms with E-state index in [4.69, 9.17) is 0 Å². The highest BCUT2D eigenvalue weighted by Crippen LogP contribution is 2.43. The number of fused-ring (bicyclic) bond motifs is 1. The third kappa shape index (κ3) is 2.85. The molecule has 0 aliphatic carbocycles. The molecule has 30 heavy (non-hydrogen) atoms. The molecule has 1 fully saturated rings. The lowest BCUT2D eigenvalue weighted by Gasteiger charge is -2.21. The lowest BCUT2D eigenvalue weighted by Crippen LogP contribution is -2.29. The van der Waals surface area contributed by atoms with Crippen molar-refractivity contribution in [3.63, 3.8) is 0 Å². The predicted octanol–water partition coefficient (Wildman–Crippen LogP) is 3.71. The summed E-state index contributed by atoms with van der Waals surface area (Å²) in [6.07, 6.45) is 4.60. The van der Waals surface area contributed by atoms with Crippen LogP contribution in [0, 0.1) is 0 Å². The summed E-state index contributed by atoms with van der Waals surface area (Å²) in [6, 6.07) is 15.0. The minimum atomic E-state index is -0.889. The van der Waals surface area contributed by atoms with Gasteiger partial charge in [-0.3, -0.25) is 24.5 Å². The van der Waals surface area contributed by atoms with Crippen LogP contribution in [0.1, 0.15) is 17.3 Å². The van der Waals surface area contributed by atoms with E-state index in [1.807, 2.05) is 24.3 Å². The highest BCUT2D eigenvalue weighted by atomic mass is 32.1. The van der Waals surface area contributed by atoms with Crippen molar-refractivity contribution in [1.29, 1.82) is 0 Å². The Bertz CT molecular complexity index is 1270. The molecule has 146 valence electrons. The fraction of sp³-hybridized carbons (Fsp3) is 0.0455. The molecule has 1 aromatic carbocycles. The Morgan fingerprint density at radius 2 is 1.73 bits per heavy atom. The van der Waals surface area contributed by atoms with Crippen molar-refractivity contribution in [3.8, 4) is 0 Å². The maximum absolute atomic E-state index is 13.1. The Morgan fingerprint density at radius 1 is 0.967 bits per heavy atom. The molecule has 0 radical (unpaired) electrons. The van der Waals surface area contributed by atoms with Gasteiger partial charge in [0.2, 0.25) is 0 Å². The summed E-state index contributed by atoms with van der Waals surface area (Å²) in [6.45, 7) is 0. The number of aliphatic hydroxyl groups excluding tert-OH is 1. The first-order valence-electron chi connectivity index (χ1n) is 9.13. The van der Waals surface area contributed by atoms with Crippen LogP contribution in [0.4, 0.5) is 5.13 Å². The second-order valence-electron chi connectivity index (χ2n) is 6.62. The van der Waals surface area contributed by atoms with E-state index in [0.29, 0.717) is 16.4 Å². The Kier molecular flexibility index (Phi) is 4.33. The van der Waals surface area contributed by atoms with E-state index in [-0.39, 0.29) is 11.3 Å². The lowest BCUT2D eigenvalue weighted by molar-refractivity contribution is -0.132. The van der Waals surface area contributed by atoms with Crippen LogP contribution in [0.15, 0.2) is 78.8 Å². The first kappa shape index (κ1) is 18.1. The molecular weight excluding hydrogens is 400 g/mol. The van der Waals surface area contributed by atoms with Gasteiger partial charge in [0.15, 0.2) is 5.13 Å². The molecule has 4 heterocycles. The molecule has 0 spiro atoms. The van der Waals surface area contributed by atoms with Crippen molar-refractivity contribution in [2.75, 3.05) is 4.90 Å². The van der Waals surface area contributed by atoms with Gasteiger partial charge >= 0.3 is 5.91 Å². The quantitative estimate of drug-likeness (QED) is 0.312. The van der Waals surface area contributed by atoms with E-state index in [0.717, 1.165) is 10.2 Å². The molecule has 1 unspecified atom stereocenters. The van der Waals surface area contributed by atoms with Crippen LogP contribution in [-0.4, -0.2) is 31.7 Å². The summed E-state index contributed by atoms with van der Waals surface area (Å²) in [5, 5.41) is 11.3. The molecular formula is C22H14N4O3S. The average molecular weight is 414 g/mol. The predicted molar refractivity (Wildman–Crippen MR) is 113 cm³/mol. The molecule has 4 aromatic rings. The number of anilines is 1. The minimum absolute atomic E-state index is 0.0239. The third-order valence-electron chi connectivity index (χ3n) is 4.85. The van der Waals surface area contributed by atoms with Gasteiger partial charge in [-0.05, 0) is 36.4 Å². The van der Waals surface area contributed by atoms with E-state index in [9.17, 15) is 14.7 Å². The number of thiazole rings is 1. The third-order valence-corrected chi connectivity index (χ3v) is 5.89. The van der Waals surface area contributed by atoms with Crippen molar-refractivity contribution in [1.82, 2.24) is 15.0 Å². The van der Waals surface area contributed by atoms with Crippen LogP contribution in [0.5, 0.6) is 0 Å². The summed E-state index contributed by atoms with van der Waals surface area (Å²) in [7, 11) is 0. The average Bonchev–Trinajstić information content (AvgIpc) is 3.33. The lowest BCUT2D eigenvalue weighted by atomic mass is 9.99. The number of hydrogen-bond acceptors (Lipinski definition) is 7. The Hall–Kier alpha value is -3.91. The number of pyridine rings is 2. The minimum Gasteiger partial charge on any atom is -0.507 e. The number of Topliss-reactive ketones (excluding diaryl/α,β-unsaturated/α-hetero) is 1. The van der Waals surface area contributed by atoms with Crippen molar-refractivity contribution in [2.45, 2.75) is 6.04 Å². The van der Waals surface area contributed by atoms with Crippen LogP contribution in [0.25, 0.3) is 16.0 Å². The van der Waals surface area contributed by atoms with Crippen LogP contribution in [0.2, 0.25) is 0 Å². The molecule has 3 aromatic heterocycles. The molecule has 1 atom stereocenters. The summed E-state index contributed by atoms with van der Waals surface area (Å²) >= 11 is 1.31. The van der Waals surface area contributed by atoms with E-state index < -0.39 is 17.7 Å².